The average molecular weight is 491 g/mol. The predicted molar refractivity (Wildman–Crippen MR) is 120 cm³/mol. The summed E-state index contributed by atoms with van der Waals surface area (Å²) in [5, 5.41) is 0. The summed E-state index contributed by atoms with van der Waals surface area (Å²) in [5.41, 5.74) is 7.07. The van der Waals surface area contributed by atoms with E-state index in [4.69, 9.17) is 25.2 Å². The van der Waals surface area contributed by atoms with Crippen molar-refractivity contribution in [1.29, 1.82) is 0 Å². The minimum Gasteiger partial charge on any atom is -0.450 e. The molecule has 1 amide bonds. The topological polar surface area (TPSA) is 111 Å². The fourth-order valence-corrected chi connectivity index (χ4v) is 4.33. The van der Waals surface area contributed by atoms with Crippen molar-refractivity contribution in [2.24, 2.45) is 0 Å². The Balaban J connectivity index is 1.66. The molecule has 0 atom stereocenters. The summed E-state index contributed by atoms with van der Waals surface area (Å²) in [6.07, 6.45) is -1.65. The van der Waals surface area contributed by atoms with Gasteiger partial charge in [-0.05, 0) is 13.0 Å². The highest BCUT2D eigenvalue weighted by molar-refractivity contribution is 5.73. The summed E-state index contributed by atoms with van der Waals surface area (Å²) in [6, 6.07) is 0.952. The molecule has 0 radical (unpaired) electrons. The van der Waals surface area contributed by atoms with Crippen LogP contribution in [0.15, 0.2) is 18.5 Å². The van der Waals surface area contributed by atoms with Crippen molar-refractivity contribution in [3.8, 4) is 11.3 Å². The maximum Gasteiger partial charge on any atom is 0.419 e. The number of anilines is 2. The number of carbonyl (C=O) groups excluding carboxylic acids is 1. The van der Waals surface area contributed by atoms with E-state index >= 15 is 0 Å². The third-order valence-electron chi connectivity index (χ3n) is 6.09. The zero-order valence-corrected chi connectivity index (χ0v) is 19.0. The van der Waals surface area contributed by atoms with Crippen molar-refractivity contribution >= 4 is 23.4 Å². The van der Waals surface area contributed by atoms with Crippen molar-refractivity contribution in [2.75, 3.05) is 50.1 Å². The molecule has 0 bridgehead atoms. The molecule has 2 aliphatic heterocycles. The molecule has 0 aliphatic carbocycles. The van der Waals surface area contributed by atoms with E-state index in [0.29, 0.717) is 50.7 Å². The quantitative estimate of drug-likeness (QED) is 0.596. The Morgan fingerprint density at radius 3 is 2.71 bits per heavy atom. The highest BCUT2D eigenvalue weighted by atomic mass is 19.4. The van der Waals surface area contributed by atoms with Gasteiger partial charge in [-0.2, -0.15) is 13.2 Å². The van der Waals surface area contributed by atoms with Gasteiger partial charge in [0.1, 0.15) is 5.82 Å². The largest absolute Gasteiger partial charge is 0.450 e. The molecule has 3 aromatic heterocycles. The minimum absolute atomic E-state index is 0.170. The van der Waals surface area contributed by atoms with Gasteiger partial charge in [-0.3, -0.25) is 4.40 Å². The number of pyridine rings is 1. The summed E-state index contributed by atoms with van der Waals surface area (Å²) in [7, 11) is 0. The summed E-state index contributed by atoms with van der Waals surface area (Å²) in [5.74, 6) is -0.0610. The molecule has 0 aromatic carbocycles. The average Bonchev–Trinajstić information content (AvgIpc) is 3.21. The van der Waals surface area contributed by atoms with Crippen LogP contribution in [0.4, 0.5) is 29.6 Å². The Kier molecular flexibility index (Phi) is 5.87. The number of nitrogens with zero attached hydrogens (tertiary/aromatic N) is 6. The van der Waals surface area contributed by atoms with Gasteiger partial charge in [0, 0.05) is 44.0 Å². The smallest absolute Gasteiger partial charge is 0.419 e. The number of nitrogen functional groups attached to an aromatic ring is 1. The third kappa shape index (κ3) is 4.31. The first-order chi connectivity index (χ1) is 16.8. The molecule has 5 heterocycles. The van der Waals surface area contributed by atoms with E-state index < -0.39 is 23.7 Å². The van der Waals surface area contributed by atoms with Crippen LogP contribution in [-0.4, -0.2) is 69.8 Å². The number of ether oxygens (including phenoxy) is 2. The molecule has 0 unspecified atom stereocenters. The molecule has 10 nitrogen and oxygen atoms in total. The van der Waals surface area contributed by atoms with Crippen molar-refractivity contribution in [1.82, 2.24) is 24.3 Å². The molecule has 2 aliphatic rings. The van der Waals surface area contributed by atoms with E-state index in [-0.39, 0.29) is 24.4 Å². The lowest BCUT2D eigenvalue weighted by atomic mass is 10.1. The number of halogens is 3. The molecular weight excluding hydrogens is 467 g/mol. The number of fused-ring (bicyclic) bond motifs is 3. The molecule has 35 heavy (non-hydrogen) atoms. The minimum atomic E-state index is -4.65. The Morgan fingerprint density at radius 1 is 1.23 bits per heavy atom. The van der Waals surface area contributed by atoms with Gasteiger partial charge >= 0.3 is 12.3 Å². The summed E-state index contributed by atoms with van der Waals surface area (Å²) < 4.78 is 52.9. The van der Waals surface area contributed by atoms with Crippen molar-refractivity contribution in [3.63, 3.8) is 0 Å². The second-order valence-electron chi connectivity index (χ2n) is 8.27. The van der Waals surface area contributed by atoms with Gasteiger partial charge in [0.05, 0.1) is 49.0 Å². The van der Waals surface area contributed by atoms with Crippen molar-refractivity contribution < 1.29 is 27.4 Å². The number of hydrogen-bond donors (Lipinski definition) is 1. The van der Waals surface area contributed by atoms with Gasteiger partial charge in [0.2, 0.25) is 0 Å². The zero-order valence-electron chi connectivity index (χ0n) is 19.0. The first-order valence-electron chi connectivity index (χ1n) is 11.2. The Bertz CT molecular complexity index is 1270. The molecule has 13 heteroatoms. The SMILES string of the molecule is CCOC(=O)N1CCc2nc3c(N4CCOCC4)nc(-c4cnc(N)c(C(F)(F)F)c4)cn3c2C1. The summed E-state index contributed by atoms with van der Waals surface area (Å²) in [6.45, 7) is 4.83. The van der Waals surface area contributed by atoms with Gasteiger partial charge in [0.15, 0.2) is 11.5 Å². The van der Waals surface area contributed by atoms with Gasteiger partial charge < -0.3 is 25.0 Å². The van der Waals surface area contributed by atoms with Crippen LogP contribution < -0.4 is 10.6 Å². The number of aromatic nitrogens is 4. The van der Waals surface area contributed by atoms with Crippen LogP contribution in [0.2, 0.25) is 0 Å². The number of alkyl halides is 3. The van der Waals surface area contributed by atoms with Gasteiger partial charge in [-0.25, -0.2) is 19.7 Å². The lowest BCUT2D eigenvalue weighted by molar-refractivity contribution is -0.137. The Hall–Kier alpha value is -3.61. The maximum atomic E-state index is 13.5. The lowest BCUT2D eigenvalue weighted by Gasteiger charge is -2.28. The van der Waals surface area contributed by atoms with Crippen LogP contribution in [0.1, 0.15) is 23.9 Å². The number of rotatable bonds is 3. The fourth-order valence-electron chi connectivity index (χ4n) is 4.33. The molecule has 1 saturated heterocycles. The van der Waals surface area contributed by atoms with Gasteiger partial charge in [-0.15, -0.1) is 0 Å². The van der Waals surface area contributed by atoms with E-state index in [2.05, 4.69) is 4.98 Å². The van der Waals surface area contributed by atoms with Gasteiger partial charge in [0.25, 0.3) is 0 Å². The zero-order chi connectivity index (χ0) is 24.7. The van der Waals surface area contributed by atoms with E-state index in [1.165, 1.54) is 6.20 Å². The second kappa shape index (κ2) is 8.87. The standard InChI is InChI=1S/C22H24F3N7O3/c1-2-35-21(33)31-4-3-15-17(12-31)32-11-16(13-9-14(22(23,24)25)18(26)27-10-13)29-19(20(32)28-15)30-5-7-34-8-6-30/h9-11H,2-8,12H2,1H3,(H2,26,27). The van der Waals surface area contributed by atoms with E-state index in [9.17, 15) is 18.0 Å². The molecule has 1 fully saturated rings. The predicted octanol–water partition coefficient (Wildman–Crippen LogP) is 2.74. The van der Waals surface area contributed by atoms with Crippen molar-refractivity contribution in [3.05, 3.63) is 35.4 Å². The van der Waals surface area contributed by atoms with Crippen molar-refractivity contribution in [2.45, 2.75) is 26.1 Å². The number of hydrogen-bond acceptors (Lipinski definition) is 8. The van der Waals surface area contributed by atoms with E-state index in [1.54, 1.807) is 22.4 Å². The Labute approximate surface area is 198 Å². The molecule has 186 valence electrons. The second-order valence-corrected chi connectivity index (χ2v) is 8.27. The first kappa shape index (κ1) is 23.1. The molecule has 0 saturated carbocycles. The van der Waals surface area contributed by atoms with Crippen LogP contribution >= 0.6 is 0 Å². The number of imidazole rings is 1. The van der Waals surface area contributed by atoms with E-state index in [0.717, 1.165) is 17.5 Å². The summed E-state index contributed by atoms with van der Waals surface area (Å²) >= 11 is 0. The number of amides is 1. The van der Waals surface area contributed by atoms with Crippen LogP contribution in [0.25, 0.3) is 16.9 Å². The molecule has 3 aromatic rings. The lowest BCUT2D eigenvalue weighted by Crippen LogP contribution is -2.37. The molecule has 0 spiro atoms. The highest BCUT2D eigenvalue weighted by Crippen LogP contribution is 2.36. The normalized spacial score (nSPS) is 16.5. The maximum absolute atomic E-state index is 13.5. The fraction of sp³-hybridized carbons (Fsp3) is 0.455. The van der Waals surface area contributed by atoms with Gasteiger partial charge in [-0.1, -0.05) is 0 Å². The Morgan fingerprint density at radius 2 is 2.00 bits per heavy atom. The highest BCUT2D eigenvalue weighted by Gasteiger charge is 2.34. The summed E-state index contributed by atoms with van der Waals surface area (Å²) in [4.78, 5) is 29.2. The molecule has 5 rings (SSSR count). The number of morpholine rings is 1. The van der Waals surface area contributed by atoms with Crippen LogP contribution in [0.5, 0.6) is 0 Å². The number of carbonyl (C=O) groups is 1. The number of nitrogens with two attached hydrogens (primary N) is 1. The van der Waals surface area contributed by atoms with E-state index in [1.807, 2.05) is 4.90 Å². The van der Waals surface area contributed by atoms with Crippen LogP contribution in [-0.2, 0) is 28.6 Å². The third-order valence-corrected chi connectivity index (χ3v) is 6.09. The van der Waals surface area contributed by atoms with Crippen LogP contribution in [0, 0.1) is 0 Å². The first-order valence-corrected chi connectivity index (χ1v) is 11.2. The van der Waals surface area contributed by atoms with Crippen LogP contribution in [0.3, 0.4) is 0 Å². The molecule has 2 N–H and O–H groups in total. The molecular formula is C22H24F3N7O3. The monoisotopic (exact) mass is 491 g/mol.